The van der Waals surface area contributed by atoms with Crippen molar-refractivity contribution in [2.24, 2.45) is 0 Å². The zero-order valence-electron chi connectivity index (χ0n) is 13.6. The highest BCUT2D eigenvalue weighted by atomic mass is 16.2. The molecule has 122 valence electrons. The van der Waals surface area contributed by atoms with Gasteiger partial charge in [-0.25, -0.2) is 4.68 Å². The maximum absolute atomic E-state index is 12.6. The smallest absolute Gasteiger partial charge is 0.272 e. The number of piperidine rings is 1. The molecule has 1 aromatic heterocycles. The van der Waals surface area contributed by atoms with Crippen molar-refractivity contribution >= 4 is 11.7 Å². The van der Waals surface area contributed by atoms with Gasteiger partial charge in [0.25, 0.3) is 5.91 Å². The van der Waals surface area contributed by atoms with E-state index in [9.17, 15) is 4.79 Å². The lowest BCUT2D eigenvalue weighted by Gasteiger charge is -2.29. The Morgan fingerprint density at radius 2 is 1.91 bits per heavy atom. The van der Waals surface area contributed by atoms with Crippen LogP contribution >= 0.6 is 0 Å². The SMILES string of the molecule is Cc1c(C(=O)NC2CCN(C)CC2)nn(-c2ccccc2)c1N. The molecule has 1 saturated heterocycles. The molecule has 1 amide bonds. The van der Waals surface area contributed by atoms with Gasteiger partial charge < -0.3 is 16.0 Å². The number of hydrogen-bond donors (Lipinski definition) is 2. The molecule has 6 nitrogen and oxygen atoms in total. The molecule has 1 aromatic carbocycles. The Morgan fingerprint density at radius 1 is 1.26 bits per heavy atom. The minimum atomic E-state index is -0.140. The minimum Gasteiger partial charge on any atom is -0.383 e. The second kappa shape index (κ2) is 6.42. The van der Waals surface area contributed by atoms with Gasteiger partial charge >= 0.3 is 0 Å². The zero-order chi connectivity index (χ0) is 16.4. The van der Waals surface area contributed by atoms with Gasteiger partial charge in [-0.1, -0.05) is 18.2 Å². The summed E-state index contributed by atoms with van der Waals surface area (Å²) in [5.74, 6) is 0.364. The first-order valence-corrected chi connectivity index (χ1v) is 7.96. The predicted octanol–water partition coefficient (Wildman–Crippen LogP) is 1.59. The van der Waals surface area contributed by atoms with E-state index in [0.29, 0.717) is 11.5 Å². The van der Waals surface area contributed by atoms with E-state index in [1.165, 1.54) is 0 Å². The van der Waals surface area contributed by atoms with Crippen molar-refractivity contribution in [2.45, 2.75) is 25.8 Å². The highest BCUT2D eigenvalue weighted by Crippen LogP contribution is 2.20. The van der Waals surface area contributed by atoms with Gasteiger partial charge in [0.1, 0.15) is 5.82 Å². The van der Waals surface area contributed by atoms with Crippen molar-refractivity contribution in [1.82, 2.24) is 20.0 Å². The summed E-state index contributed by atoms with van der Waals surface area (Å²) in [6.07, 6.45) is 1.94. The molecule has 1 aliphatic heterocycles. The van der Waals surface area contributed by atoms with Gasteiger partial charge in [-0.2, -0.15) is 5.10 Å². The third kappa shape index (κ3) is 3.22. The number of nitrogen functional groups attached to an aromatic ring is 1. The molecule has 6 heteroatoms. The van der Waals surface area contributed by atoms with Crippen molar-refractivity contribution in [3.8, 4) is 5.69 Å². The summed E-state index contributed by atoms with van der Waals surface area (Å²) in [5.41, 5.74) is 8.12. The van der Waals surface area contributed by atoms with Gasteiger partial charge in [-0.3, -0.25) is 4.79 Å². The number of benzene rings is 1. The lowest BCUT2D eigenvalue weighted by molar-refractivity contribution is 0.0910. The van der Waals surface area contributed by atoms with Gasteiger partial charge in [-0.15, -0.1) is 0 Å². The van der Waals surface area contributed by atoms with E-state index in [1.807, 2.05) is 37.3 Å². The molecule has 1 fully saturated rings. The number of rotatable bonds is 3. The monoisotopic (exact) mass is 313 g/mol. The van der Waals surface area contributed by atoms with Crippen LogP contribution in [-0.2, 0) is 0 Å². The topological polar surface area (TPSA) is 76.2 Å². The molecule has 2 heterocycles. The molecular formula is C17H23N5O. The van der Waals surface area contributed by atoms with E-state index >= 15 is 0 Å². The maximum Gasteiger partial charge on any atom is 0.272 e. The quantitative estimate of drug-likeness (QED) is 0.902. The molecule has 0 spiro atoms. The van der Waals surface area contributed by atoms with Crippen molar-refractivity contribution < 1.29 is 4.79 Å². The van der Waals surface area contributed by atoms with Gasteiger partial charge in [0.2, 0.25) is 0 Å². The lowest BCUT2D eigenvalue weighted by Crippen LogP contribution is -2.43. The number of aromatic nitrogens is 2. The van der Waals surface area contributed by atoms with Crippen LogP contribution in [0.1, 0.15) is 28.9 Å². The first-order valence-electron chi connectivity index (χ1n) is 7.96. The maximum atomic E-state index is 12.6. The molecular weight excluding hydrogens is 290 g/mol. The summed E-state index contributed by atoms with van der Waals surface area (Å²) in [4.78, 5) is 14.8. The number of anilines is 1. The Kier molecular flexibility index (Phi) is 4.34. The van der Waals surface area contributed by atoms with Gasteiger partial charge in [0, 0.05) is 11.6 Å². The summed E-state index contributed by atoms with van der Waals surface area (Å²) >= 11 is 0. The first kappa shape index (κ1) is 15.6. The Labute approximate surface area is 136 Å². The molecule has 0 bridgehead atoms. The highest BCUT2D eigenvalue weighted by molar-refractivity contribution is 5.95. The lowest BCUT2D eigenvalue weighted by atomic mass is 10.1. The molecule has 0 aliphatic carbocycles. The van der Waals surface area contributed by atoms with Crippen LogP contribution in [0.25, 0.3) is 5.69 Å². The summed E-state index contributed by atoms with van der Waals surface area (Å²) in [6, 6.07) is 9.82. The van der Waals surface area contributed by atoms with Crippen LogP contribution in [0.4, 0.5) is 5.82 Å². The normalized spacial score (nSPS) is 16.4. The number of nitrogens with zero attached hydrogens (tertiary/aromatic N) is 3. The fraction of sp³-hybridized carbons (Fsp3) is 0.412. The van der Waals surface area contributed by atoms with Gasteiger partial charge in [0.05, 0.1) is 5.69 Å². The van der Waals surface area contributed by atoms with Crippen LogP contribution < -0.4 is 11.1 Å². The summed E-state index contributed by atoms with van der Waals surface area (Å²) < 4.78 is 1.62. The van der Waals surface area contributed by atoms with Gasteiger partial charge in [-0.05, 0) is 52.0 Å². The largest absolute Gasteiger partial charge is 0.383 e. The average Bonchev–Trinajstić information content (AvgIpc) is 2.86. The molecule has 1 aliphatic rings. The molecule has 3 rings (SSSR count). The minimum absolute atomic E-state index is 0.140. The van der Waals surface area contributed by atoms with Crippen LogP contribution in [-0.4, -0.2) is 46.8 Å². The number of nitrogens with one attached hydrogen (secondary N) is 1. The Bertz CT molecular complexity index is 687. The second-order valence-electron chi connectivity index (χ2n) is 6.16. The second-order valence-corrected chi connectivity index (χ2v) is 6.16. The summed E-state index contributed by atoms with van der Waals surface area (Å²) in [6.45, 7) is 3.85. The summed E-state index contributed by atoms with van der Waals surface area (Å²) in [7, 11) is 2.10. The fourth-order valence-corrected chi connectivity index (χ4v) is 2.90. The first-order chi connectivity index (χ1) is 11.1. The van der Waals surface area contributed by atoms with Crippen LogP contribution in [0.2, 0.25) is 0 Å². The fourth-order valence-electron chi connectivity index (χ4n) is 2.90. The van der Waals surface area contributed by atoms with Crippen LogP contribution in [0.3, 0.4) is 0 Å². The van der Waals surface area contributed by atoms with Crippen molar-refractivity contribution in [1.29, 1.82) is 0 Å². The standard InChI is InChI=1S/C17H23N5O/c1-12-15(17(23)19-13-8-10-21(2)11-9-13)20-22(16(12)18)14-6-4-3-5-7-14/h3-7,13H,8-11,18H2,1-2H3,(H,19,23). The van der Waals surface area contributed by atoms with E-state index in [1.54, 1.807) is 4.68 Å². The molecule has 2 aromatic rings. The Balaban J connectivity index is 1.79. The molecule has 3 N–H and O–H groups in total. The van der Waals surface area contributed by atoms with Crippen LogP contribution in [0, 0.1) is 6.92 Å². The van der Waals surface area contributed by atoms with E-state index in [2.05, 4.69) is 22.4 Å². The number of para-hydroxylation sites is 1. The number of carbonyl (C=O) groups excluding carboxylic acids is 1. The zero-order valence-corrected chi connectivity index (χ0v) is 13.6. The number of nitrogens with two attached hydrogens (primary N) is 1. The Hall–Kier alpha value is -2.34. The highest BCUT2D eigenvalue weighted by Gasteiger charge is 2.23. The number of likely N-dealkylation sites (tertiary alicyclic amines) is 1. The van der Waals surface area contributed by atoms with E-state index in [0.717, 1.165) is 37.2 Å². The molecule has 0 unspecified atom stereocenters. The van der Waals surface area contributed by atoms with E-state index in [-0.39, 0.29) is 11.9 Å². The van der Waals surface area contributed by atoms with Crippen LogP contribution in [0.15, 0.2) is 30.3 Å². The molecule has 23 heavy (non-hydrogen) atoms. The number of hydrogen-bond acceptors (Lipinski definition) is 4. The number of carbonyl (C=O) groups is 1. The van der Waals surface area contributed by atoms with Crippen molar-refractivity contribution in [3.05, 3.63) is 41.6 Å². The number of amides is 1. The average molecular weight is 313 g/mol. The van der Waals surface area contributed by atoms with Crippen molar-refractivity contribution in [3.63, 3.8) is 0 Å². The molecule has 0 saturated carbocycles. The van der Waals surface area contributed by atoms with Crippen LogP contribution in [0.5, 0.6) is 0 Å². The van der Waals surface area contributed by atoms with Gasteiger partial charge in [0.15, 0.2) is 5.69 Å². The van der Waals surface area contributed by atoms with Crippen molar-refractivity contribution in [2.75, 3.05) is 25.9 Å². The predicted molar refractivity (Wildman–Crippen MR) is 90.7 cm³/mol. The van der Waals surface area contributed by atoms with E-state index in [4.69, 9.17) is 5.73 Å². The van der Waals surface area contributed by atoms with E-state index < -0.39 is 0 Å². The molecule has 0 atom stereocenters. The molecule has 0 radical (unpaired) electrons. The Morgan fingerprint density at radius 3 is 2.57 bits per heavy atom. The summed E-state index contributed by atoms with van der Waals surface area (Å²) in [5, 5.41) is 7.52. The third-order valence-electron chi connectivity index (χ3n) is 4.44. The third-order valence-corrected chi connectivity index (χ3v) is 4.44.